The lowest BCUT2D eigenvalue weighted by Crippen LogP contribution is -2.22. The zero-order valence-electron chi connectivity index (χ0n) is 16.6. The Labute approximate surface area is 169 Å². The molecule has 0 aliphatic rings. The maximum atomic E-state index is 12.5. The molecule has 1 N–H and O–H groups in total. The molecule has 1 amide bonds. The van der Waals surface area contributed by atoms with Crippen molar-refractivity contribution in [1.29, 1.82) is 0 Å². The second-order valence-electron chi connectivity index (χ2n) is 6.98. The maximum Gasteiger partial charge on any atom is 0.263 e. The van der Waals surface area contributed by atoms with Crippen LogP contribution in [0.3, 0.4) is 0 Å². The van der Waals surface area contributed by atoms with Crippen molar-refractivity contribution in [2.75, 3.05) is 11.9 Å². The highest BCUT2D eigenvalue weighted by Crippen LogP contribution is 2.21. The number of pyridine rings is 1. The third kappa shape index (κ3) is 3.96. The fraction of sp³-hybridized carbons (Fsp3) is 0.174. The Bertz CT molecular complexity index is 1200. The number of rotatable bonds is 5. The molecule has 0 radical (unpaired) electrons. The minimum absolute atomic E-state index is 0.0837. The highest BCUT2D eigenvalue weighted by molar-refractivity contribution is 5.91. The van der Waals surface area contributed by atoms with E-state index in [1.165, 1.54) is 0 Å². The highest BCUT2D eigenvalue weighted by Gasteiger charge is 2.13. The molecule has 0 fully saturated rings. The van der Waals surface area contributed by atoms with Crippen LogP contribution in [0.15, 0.2) is 60.7 Å². The Morgan fingerprint density at radius 1 is 1.03 bits per heavy atom. The van der Waals surface area contributed by atoms with E-state index in [0.717, 1.165) is 27.7 Å². The van der Waals surface area contributed by atoms with Crippen LogP contribution in [0, 0.1) is 20.8 Å². The van der Waals surface area contributed by atoms with Crippen molar-refractivity contribution >= 4 is 22.6 Å². The summed E-state index contributed by atoms with van der Waals surface area (Å²) in [6.45, 7) is 5.78. The Kier molecular flexibility index (Phi) is 4.99. The SMILES string of the molecule is Cc1cc(NC(=O)COc2cccc(C)c2C)n(-c2ccc3ccccc3n2)n1. The number of carbonyl (C=O) groups excluding carboxylic acids is 1. The quantitative estimate of drug-likeness (QED) is 0.553. The van der Waals surface area contributed by atoms with Crippen molar-refractivity contribution in [1.82, 2.24) is 14.8 Å². The number of hydrogen-bond donors (Lipinski definition) is 1. The third-order valence-corrected chi connectivity index (χ3v) is 4.81. The number of benzene rings is 2. The largest absolute Gasteiger partial charge is 0.483 e. The summed E-state index contributed by atoms with van der Waals surface area (Å²) < 4.78 is 7.34. The third-order valence-electron chi connectivity index (χ3n) is 4.81. The second-order valence-corrected chi connectivity index (χ2v) is 6.98. The van der Waals surface area contributed by atoms with E-state index in [4.69, 9.17) is 4.74 Å². The molecule has 0 spiro atoms. The number of aromatic nitrogens is 3. The van der Waals surface area contributed by atoms with Crippen LogP contribution < -0.4 is 10.1 Å². The molecule has 146 valence electrons. The zero-order valence-corrected chi connectivity index (χ0v) is 16.6. The van der Waals surface area contributed by atoms with Gasteiger partial charge in [-0.15, -0.1) is 0 Å². The van der Waals surface area contributed by atoms with Gasteiger partial charge in [0.1, 0.15) is 11.6 Å². The summed E-state index contributed by atoms with van der Waals surface area (Å²) in [5.74, 6) is 1.65. The van der Waals surface area contributed by atoms with E-state index >= 15 is 0 Å². The number of amides is 1. The Morgan fingerprint density at radius 2 is 1.86 bits per heavy atom. The van der Waals surface area contributed by atoms with Crippen LogP contribution in [0.2, 0.25) is 0 Å². The summed E-state index contributed by atoms with van der Waals surface area (Å²) in [5, 5.41) is 8.41. The normalized spacial score (nSPS) is 10.9. The lowest BCUT2D eigenvalue weighted by Gasteiger charge is -2.12. The first-order chi connectivity index (χ1) is 14.0. The van der Waals surface area contributed by atoms with Gasteiger partial charge in [0.25, 0.3) is 5.91 Å². The molecule has 29 heavy (non-hydrogen) atoms. The number of nitrogens with one attached hydrogen (secondary N) is 1. The van der Waals surface area contributed by atoms with Crippen molar-refractivity contribution in [2.45, 2.75) is 20.8 Å². The van der Waals surface area contributed by atoms with Crippen LogP contribution in [0.1, 0.15) is 16.8 Å². The zero-order chi connectivity index (χ0) is 20.4. The number of fused-ring (bicyclic) bond motifs is 1. The average molecular weight is 386 g/mol. The van der Waals surface area contributed by atoms with Gasteiger partial charge in [0, 0.05) is 11.5 Å². The molecular weight excluding hydrogens is 364 g/mol. The van der Waals surface area contributed by atoms with Crippen LogP contribution in [0.25, 0.3) is 16.7 Å². The van der Waals surface area contributed by atoms with Gasteiger partial charge in [0.2, 0.25) is 0 Å². The second kappa shape index (κ2) is 7.75. The van der Waals surface area contributed by atoms with Crippen molar-refractivity contribution in [3.8, 4) is 11.6 Å². The average Bonchev–Trinajstić information content (AvgIpc) is 3.08. The van der Waals surface area contributed by atoms with E-state index in [2.05, 4.69) is 15.4 Å². The highest BCUT2D eigenvalue weighted by atomic mass is 16.5. The molecule has 0 bridgehead atoms. The summed E-state index contributed by atoms with van der Waals surface area (Å²) in [6.07, 6.45) is 0. The van der Waals surface area contributed by atoms with Gasteiger partial charge in [-0.3, -0.25) is 4.79 Å². The van der Waals surface area contributed by atoms with Crippen LogP contribution >= 0.6 is 0 Å². The number of carbonyl (C=O) groups is 1. The summed E-state index contributed by atoms with van der Waals surface area (Å²) in [6, 6.07) is 19.4. The van der Waals surface area contributed by atoms with Gasteiger partial charge in [-0.2, -0.15) is 9.78 Å². The van der Waals surface area contributed by atoms with Crippen molar-refractivity contribution < 1.29 is 9.53 Å². The van der Waals surface area contributed by atoms with Gasteiger partial charge in [-0.25, -0.2) is 4.98 Å². The summed E-state index contributed by atoms with van der Waals surface area (Å²) in [5.41, 5.74) is 3.81. The Balaban J connectivity index is 1.53. The minimum Gasteiger partial charge on any atom is -0.483 e. The molecule has 2 heterocycles. The number of anilines is 1. The summed E-state index contributed by atoms with van der Waals surface area (Å²) in [4.78, 5) is 17.1. The maximum absolute atomic E-state index is 12.5. The molecule has 4 rings (SSSR count). The van der Waals surface area contributed by atoms with E-state index in [9.17, 15) is 4.79 Å². The predicted octanol–water partition coefficient (Wildman–Crippen LogP) is 4.36. The molecule has 2 aromatic carbocycles. The molecule has 2 aromatic heterocycles. The van der Waals surface area contributed by atoms with E-state index in [1.54, 1.807) is 4.68 Å². The van der Waals surface area contributed by atoms with Crippen molar-refractivity contribution in [2.24, 2.45) is 0 Å². The van der Waals surface area contributed by atoms with Crippen LogP contribution in [-0.2, 0) is 4.79 Å². The number of nitrogens with zero attached hydrogens (tertiary/aromatic N) is 3. The van der Waals surface area contributed by atoms with Gasteiger partial charge < -0.3 is 10.1 Å². The number of hydrogen-bond acceptors (Lipinski definition) is 4. The number of ether oxygens (including phenoxy) is 1. The van der Waals surface area contributed by atoms with Crippen molar-refractivity contribution in [3.05, 3.63) is 77.5 Å². The molecule has 0 aliphatic heterocycles. The lowest BCUT2D eigenvalue weighted by atomic mass is 10.1. The minimum atomic E-state index is -0.257. The fourth-order valence-corrected chi connectivity index (χ4v) is 3.14. The monoisotopic (exact) mass is 386 g/mol. The van der Waals surface area contributed by atoms with Crippen LogP contribution in [-0.4, -0.2) is 27.3 Å². The number of para-hydroxylation sites is 1. The summed E-state index contributed by atoms with van der Waals surface area (Å²) in [7, 11) is 0. The van der Waals surface area contributed by atoms with Gasteiger partial charge in [0.05, 0.1) is 11.2 Å². The molecule has 0 atom stereocenters. The molecule has 6 heteroatoms. The van der Waals surface area contributed by atoms with Crippen molar-refractivity contribution in [3.63, 3.8) is 0 Å². The smallest absolute Gasteiger partial charge is 0.263 e. The Hall–Kier alpha value is -3.67. The molecular formula is C23H22N4O2. The fourth-order valence-electron chi connectivity index (χ4n) is 3.14. The van der Waals surface area contributed by atoms with Gasteiger partial charge >= 0.3 is 0 Å². The van der Waals surface area contributed by atoms with Gasteiger partial charge in [-0.05, 0) is 56.2 Å². The first kappa shape index (κ1) is 18.7. The molecule has 0 unspecified atom stereocenters. The first-order valence-corrected chi connectivity index (χ1v) is 9.43. The standard InChI is InChI=1S/C23H22N4O2/c1-15-7-6-10-20(17(15)3)29-14-23(28)25-22-13-16(2)26-27(22)21-12-11-18-8-4-5-9-19(18)24-21/h4-13H,14H2,1-3H3,(H,25,28). The molecule has 6 nitrogen and oxygen atoms in total. The summed E-state index contributed by atoms with van der Waals surface area (Å²) >= 11 is 0. The topological polar surface area (TPSA) is 69.0 Å². The number of aryl methyl sites for hydroxylation is 2. The Morgan fingerprint density at radius 3 is 2.72 bits per heavy atom. The predicted molar refractivity (Wildman–Crippen MR) is 114 cm³/mol. The lowest BCUT2D eigenvalue weighted by molar-refractivity contribution is -0.118. The van der Waals surface area contributed by atoms with Gasteiger partial charge in [0.15, 0.2) is 12.4 Å². The first-order valence-electron chi connectivity index (χ1n) is 9.43. The van der Waals surface area contributed by atoms with E-state index in [0.29, 0.717) is 17.4 Å². The molecule has 0 saturated heterocycles. The van der Waals surface area contributed by atoms with Crippen LogP contribution in [0.4, 0.5) is 5.82 Å². The molecule has 0 aliphatic carbocycles. The molecule has 0 saturated carbocycles. The van der Waals surface area contributed by atoms with Gasteiger partial charge in [-0.1, -0.05) is 30.3 Å². The van der Waals surface area contributed by atoms with E-state index in [-0.39, 0.29) is 12.5 Å². The molecule has 4 aromatic rings. The van der Waals surface area contributed by atoms with E-state index < -0.39 is 0 Å². The van der Waals surface area contributed by atoms with E-state index in [1.807, 2.05) is 81.4 Å². The van der Waals surface area contributed by atoms with Crippen LogP contribution in [0.5, 0.6) is 5.75 Å².